The predicted octanol–water partition coefficient (Wildman–Crippen LogP) is 8.07. The van der Waals surface area contributed by atoms with Crippen molar-refractivity contribution in [2.45, 2.75) is 26.9 Å². The van der Waals surface area contributed by atoms with Crippen LogP contribution in [0.4, 0.5) is 0 Å². The fraction of sp³-hybridized carbons (Fsp3) is 0.125. The average Bonchev–Trinajstić information content (AvgIpc) is 3.44. The number of rotatable bonds is 4. The molecule has 0 aliphatic heterocycles. The number of aromatic nitrogens is 4. The summed E-state index contributed by atoms with van der Waals surface area (Å²) in [6.07, 6.45) is 1.68. The van der Waals surface area contributed by atoms with Crippen LogP contribution in [0.15, 0.2) is 97.3 Å². The molecule has 7 aromatic rings. The molecule has 36 heavy (non-hydrogen) atoms. The van der Waals surface area contributed by atoms with Gasteiger partial charge in [0.2, 0.25) is 0 Å². The summed E-state index contributed by atoms with van der Waals surface area (Å²) in [5, 5.41) is 5.09. The lowest BCUT2D eigenvalue weighted by Gasteiger charge is -2.07. The zero-order valence-corrected chi connectivity index (χ0v) is 20.4. The Morgan fingerprint density at radius 1 is 0.500 bits per heavy atom. The molecule has 7 rings (SSSR count). The molecule has 0 aliphatic rings. The lowest BCUT2D eigenvalue weighted by atomic mass is 10.0. The monoisotopic (exact) mass is 466 g/mol. The normalized spacial score (nSPS) is 11.8. The van der Waals surface area contributed by atoms with Gasteiger partial charge in [-0.2, -0.15) is 0 Å². The van der Waals surface area contributed by atoms with E-state index in [-0.39, 0.29) is 0 Å². The molecule has 0 atom stereocenters. The molecular weight excluding hydrogens is 440 g/mol. The summed E-state index contributed by atoms with van der Waals surface area (Å²) >= 11 is 0. The molecule has 0 saturated heterocycles. The van der Waals surface area contributed by atoms with E-state index in [9.17, 15) is 0 Å². The number of fused-ring (bicyclic) bond motifs is 6. The lowest BCUT2D eigenvalue weighted by Crippen LogP contribution is -1.93. The quantitative estimate of drug-likeness (QED) is 0.263. The van der Waals surface area contributed by atoms with Crippen LogP contribution in [-0.4, -0.2) is 19.1 Å². The Hall–Kier alpha value is -4.44. The van der Waals surface area contributed by atoms with Crippen molar-refractivity contribution in [2.75, 3.05) is 0 Å². The number of nitrogens with zero attached hydrogens (tertiary/aromatic N) is 4. The first-order valence-electron chi connectivity index (χ1n) is 12.6. The number of hydrogen-bond donors (Lipinski definition) is 0. The highest BCUT2D eigenvalue weighted by atomic mass is 15.0. The van der Waals surface area contributed by atoms with E-state index in [1.807, 2.05) is 0 Å². The Labute approximate surface area is 209 Å². The second kappa shape index (κ2) is 8.06. The number of aryl methyl sites for hydroxylation is 2. The summed E-state index contributed by atoms with van der Waals surface area (Å²) in [5.74, 6) is 0. The minimum Gasteiger partial charge on any atom is -0.341 e. The standard InChI is InChI=1S/C32H26N4/c1-3-35-29-11-7-5-9-23(29)25-17-21(13-15-31(25)35)27-19-28(34-20-33-27)22-14-16-32-26(18-22)24-10-6-8-12-30(24)36(32)4-2/h5-20H,3-4H2,1-2H3. The van der Waals surface area contributed by atoms with Gasteiger partial charge in [0.15, 0.2) is 0 Å². The first-order chi connectivity index (χ1) is 17.8. The molecule has 0 unspecified atom stereocenters. The Morgan fingerprint density at radius 2 is 0.944 bits per heavy atom. The molecule has 0 amide bonds. The molecular formula is C32H26N4. The van der Waals surface area contributed by atoms with Crippen LogP contribution >= 0.6 is 0 Å². The molecule has 3 aromatic heterocycles. The van der Waals surface area contributed by atoms with E-state index < -0.39 is 0 Å². The first kappa shape index (κ1) is 20.9. The van der Waals surface area contributed by atoms with Crippen molar-refractivity contribution in [1.29, 1.82) is 0 Å². The number of benzene rings is 4. The maximum atomic E-state index is 4.66. The van der Waals surface area contributed by atoms with Crippen LogP contribution in [0.25, 0.3) is 66.1 Å². The summed E-state index contributed by atoms with van der Waals surface area (Å²) in [7, 11) is 0. The van der Waals surface area contributed by atoms with Gasteiger partial charge in [0, 0.05) is 67.8 Å². The number of para-hydroxylation sites is 2. The van der Waals surface area contributed by atoms with Crippen LogP contribution in [-0.2, 0) is 13.1 Å². The molecule has 0 spiro atoms. The molecule has 3 heterocycles. The molecule has 0 radical (unpaired) electrons. The van der Waals surface area contributed by atoms with Gasteiger partial charge in [0.1, 0.15) is 6.33 Å². The smallest absolute Gasteiger partial charge is 0.116 e. The third-order valence-electron chi connectivity index (χ3n) is 7.44. The fourth-order valence-electron chi connectivity index (χ4n) is 5.78. The van der Waals surface area contributed by atoms with Crippen molar-refractivity contribution in [1.82, 2.24) is 19.1 Å². The van der Waals surface area contributed by atoms with E-state index in [4.69, 9.17) is 0 Å². The fourth-order valence-corrected chi connectivity index (χ4v) is 5.78. The second-order valence-corrected chi connectivity index (χ2v) is 9.28. The molecule has 174 valence electrons. The summed E-state index contributed by atoms with van der Waals surface area (Å²) in [6, 6.07) is 32.7. The molecule has 0 N–H and O–H groups in total. The van der Waals surface area contributed by atoms with Gasteiger partial charge in [-0.25, -0.2) is 9.97 Å². The SMILES string of the molecule is CCn1c2ccccc2c2cc(-c3cc(-c4ccc5c(c4)c4ccccc4n5CC)ncn3)ccc21. The minimum absolute atomic E-state index is 0.936. The number of hydrogen-bond acceptors (Lipinski definition) is 2. The van der Waals surface area contributed by atoms with Crippen molar-refractivity contribution in [3.8, 4) is 22.5 Å². The van der Waals surface area contributed by atoms with Crippen molar-refractivity contribution in [3.05, 3.63) is 97.3 Å². The molecule has 4 heteroatoms. The average molecular weight is 467 g/mol. The van der Waals surface area contributed by atoms with Gasteiger partial charge in [-0.1, -0.05) is 48.5 Å². The van der Waals surface area contributed by atoms with Crippen molar-refractivity contribution in [3.63, 3.8) is 0 Å². The molecule has 0 fully saturated rings. The van der Waals surface area contributed by atoms with Crippen LogP contribution < -0.4 is 0 Å². The van der Waals surface area contributed by atoms with Gasteiger partial charge in [0.05, 0.1) is 11.4 Å². The molecule has 0 bridgehead atoms. The Morgan fingerprint density at radius 3 is 1.42 bits per heavy atom. The third kappa shape index (κ3) is 3.01. The van der Waals surface area contributed by atoms with Crippen LogP contribution in [0.2, 0.25) is 0 Å². The highest BCUT2D eigenvalue weighted by Crippen LogP contribution is 2.35. The zero-order chi connectivity index (χ0) is 24.2. The zero-order valence-electron chi connectivity index (χ0n) is 20.4. The minimum atomic E-state index is 0.936. The van der Waals surface area contributed by atoms with E-state index in [2.05, 4.69) is 124 Å². The van der Waals surface area contributed by atoms with E-state index >= 15 is 0 Å². The Bertz CT molecular complexity index is 1790. The van der Waals surface area contributed by atoms with Gasteiger partial charge in [0.25, 0.3) is 0 Å². The lowest BCUT2D eigenvalue weighted by molar-refractivity contribution is 0.827. The van der Waals surface area contributed by atoms with Crippen LogP contribution in [0.1, 0.15) is 13.8 Å². The van der Waals surface area contributed by atoms with Crippen molar-refractivity contribution in [2.24, 2.45) is 0 Å². The Balaban J connectivity index is 1.37. The summed E-state index contributed by atoms with van der Waals surface area (Å²) in [4.78, 5) is 9.31. The Kier molecular flexibility index (Phi) is 4.68. The van der Waals surface area contributed by atoms with E-state index in [0.29, 0.717) is 0 Å². The van der Waals surface area contributed by atoms with Crippen molar-refractivity contribution < 1.29 is 0 Å². The summed E-state index contributed by atoms with van der Waals surface area (Å²) in [5.41, 5.74) is 9.15. The van der Waals surface area contributed by atoms with Crippen molar-refractivity contribution >= 4 is 43.6 Å². The van der Waals surface area contributed by atoms with Gasteiger partial charge in [-0.3, -0.25) is 0 Å². The molecule has 0 aliphatic carbocycles. The van der Waals surface area contributed by atoms with E-state index in [0.717, 1.165) is 35.6 Å². The summed E-state index contributed by atoms with van der Waals surface area (Å²) < 4.78 is 4.75. The van der Waals surface area contributed by atoms with Gasteiger partial charge in [-0.15, -0.1) is 0 Å². The largest absolute Gasteiger partial charge is 0.341 e. The first-order valence-corrected chi connectivity index (χ1v) is 12.6. The van der Waals surface area contributed by atoms with Crippen LogP contribution in [0.3, 0.4) is 0 Å². The maximum absolute atomic E-state index is 4.66. The van der Waals surface area contributed by atoms with E-state index in [1.165, 1.54) is 43.6 Å². The maximum Gasteiger partial charge on any atom is 0.116 e. The predicted molar refractivity (Wildman–Crippen MR) is 150 cm³/mol. The van der Waals surface area contributed by atoms with Gasteiger partial charge < -0.3 is 9.13 Å². The van der Waals surface area contributed by atoms with Crippen LogP contribution in [0.5, 0.6) is 0 Å². The highest BCUT2D eigenvalue weighted by Gasteiger charge is 2.13. The molecule has 4 nitrogen and oxygen atoms in total. The van der Waals surface area contributed by atoms with Crippen LogP contribution in [0, 0.1) is 0 Å². The molecule has 0 saturated carbocycles. The highest BCUT2D eigenvalue weighted by molar-refractivity contribution is 6.10. The molecule has 4 aromatic carbocycles. The third-order valence-corrected chi connectivity index (χ3v) is 7.44. The van der Waals surface area contributed by atoms with E-state index in [1.54, 1.807) is 6.33 Å². The van der Waals surface area contributed by atoms with Gasteiger partial charge in [-0.05, 0) is 56.3 Å². The summed E-state index contributed by atoms with van der Waals surface area (Å²) in [6.45, 7) is 6.28. The van der Waals surface area contributed by atoms with Gasteiger partial charge >= 0.3 is 0 Å². The second-order valence-electron chi connectivity index (χ2n) is 9.28. The topological polar surface area (TPSA) is 35.6 Å².